The Labute approximate surface area is 251 Å². The van der Waals surface area contributed by atoms with Gasteiger partial charge in [0.05, 0.1) is 29.9 Å². The van der Waals surface area contributed by atoms with Gasteiger partial charge in [-0.3, -0.25) is 9.69 Å². The Kier molecular flexibility index (Phi) is 6.62. The molecule has 0 spiro atoms. The fourth-order valence-electron chi connectivity index (χ4n) is 8.93. The maximum atomic E-state index is 14.7. The first-order chi connectivity index (χ1) is 20.9. The van der Waals surface area contributed by atoms with E-state index < -0.39 is 11.7 Å². The second-order valence-electron chi connectivity index (χ2n) is 13.3. The number of fused-ring (bicyclic) bond motifs is 4. The van der Waals surface area contributed by atoms with Crippen molar-refractivity contribution in [1.29, 1.82) is 0 Å². The molecule has 0 saturated carbocycles. The van der Waals surface area contributed by atoms with Crippen LogP contribution in [0.2, 0.25) is 0 Å². The molecule has 2 atom stereocenters. The van der Waals surface area contributed by atoms with Gasteiger partial charge in [-0.05, 0) is 101 Å². The maximum absolute atomic E-state index is 14.7. The van der Waals surface area contributed by atoms with Crippen LogP contribution >= 0.6 is 0 Å². The molecule has 0 N–H and O–H groups in total. The number of rotatable bonds is 6. The molecule has 0 unspecified atom stereocenters. The summed E-state index contributed by atoms with van der Waals surface area (Å²) in [6.07, 6.45) is 10.1. The van der Waals surface area contributed by atoms with E-state index in [2.05, 4.69) is 21.3 Å². The van der Waals surface area contributed by atoms with Gasteiger partial charge in [0, 0.05) is 30.9 Å². The topological polar surface area (TPSA) is 65.0 Å². The zero-order valence-electron chi connectivity index (χ0n) is 24.8. The molecule has 43 heavy (non-hydrogen) atoms. The van der Waals surface area contributed by atoms with E-state index in [4.69, 9.17) is 14.7 Å². The van der Waals surface area contributed by atoms with Crippen molar-refractivity contribution in [2.75, 3.05) is 49.1 Å². The molecule has 2 aromatic rings. The number of ether oxygens (including phenoxy) is 1. The Bertz CT molecular complexity index is 1470. The molecule has 1 aromatic heterocycles. The zero-order valence-corrected chi connectivity index (χ0v) is 24.8. The minimum Gasteiger partial charge on any atom is -0.461 e. The highest BCUT2D eigenvalue weighted by Crippen LogP contribution is 2.43. The lowest BCUT2D eigenvalue weighted by Gasteiger charge is -2.48. The van der Waals surface area contributed by atoms with Crippen molar-refractivity contribution in [1.82, 2.24) is 19.8 Å². The monoisotopic (exact) mass is 590 g/mol. The van der Waals surface area contributed by atoms with Crippen molar-refractivity contribution in [3.05, 3.63) is 52.7 Å². The van der Waals surface area contributed by atoms with Crippen molar-refractivity contribution in [3.8, 4) is 6.01 Å². The number of nitrogens with zero attached hydrogens (tertiary/aromatic N) is 6. The predicted molar refractivity (Wildman–Crippen MR) is 160 cm³/mol. The van der Waals surface area contributed by atoms with Crippen molar-refractivity contribution in [3.63, 3.8) is 0 Å². The molecule has 10 heteroatoms. The molecule has 1 amide bonds. The number of anilines is 2. The number of halogens is 2. The Hall–Kier alpha value is -3.27. The van der Waals surface area contributed by atoms with Crippen LogP contribution in [-0.4, -0.2) is 82.6 Å². The largest absolute Gasteiger partial charge is 0.461 e. The highest BCUT2D eigenvalue weighted by atomic mass is 19.1. The van der Waals surface area contributed by atoms with Gasteiger partial charge in [0.1, 0.15) is 18.2 Å². The summed E-state index contributed by atoms with van der Waals surface area (Å²) in [5, 5.41) is 0. The molecule has 8 nitrogen and oxygen atoms in total. The standard InChI is InChI=1S/C33H40F2N6O2/c1-21(34)31(42)40-17-11-28-29(40)19-41(28)30-24-10-16-38(27-9-8-25(35)22-6-2-3-7-23(22)27)18-26(24)36-32(37-30)43-20-33-12-4-14-39(33)15-5-13-33/h8-9,28-29H,1-7,10-20H2/t28-,29-/m1/s1. The van der Waals surface area contributed by atoms with Crippen LogP contribution in [0, 0.1) is 5.82 Å². The number of benzene rings is 1. The molecule has 4 saturated heterocycles. The van der Waals surface area contributed by atoms with Crippen LogP contribution in [0.25, 0.3) is 0 Å². The average molecular weight is 591 g/mol. The predicted octanol–water partition coefficient (Wildman–Crippen LogP) is 4.34. The third-order valence-electron chi connectivity index (χ3n) is 11.2. The normalized spacial score (nSPS) is 25.6. The Balaban J connectivity index is 1.11. The minimum absolute atomic E-state index is 0.0368. The van der Waals surface area contributed by atoms with E-state index in [0.29, 0.717) is 32.3 Å². The van der Waals surface area contributed by atoms with Crippen LogP contribution in [0.15, 0.2) is 24.5 Å². The molecule has 4 fully saturated rings. The smallest absolute Gasteiger partial charge is 0.318 e. The van der Waals surface area contributed by atoms with Crippen LogP contribution in [-0.2, 0) is 30.6 Å². The highest BCUT2D eigenvalue weighted by Gasteiger charge is 2.51. The summed E-state index contributed by atoms with van der Waals surface area (Å²) in [6.45, 7) is 8.63. The van der Waals surface area contributed by atoms with E-state index >= 15 is 0 Å². The summed E-state index contributed by atoms with van der Waals surface area (Å²) < 4.78 is 34.9. The molecule has 0 radical (unpaired) electrons. The molecule has 5 aliphatic heterocycles. The third-order valence-corrected chi connectivity index (χ3v) is 11.2. The molecular weight excluding hydrogens is 550 g/mol. The van der Waals surface area contributed by atoms with Gasteiger partial charge >= 0.3 is 6.01 Å². The zero-order chi connectivity index (χ0) is 29.3. The quantitative estimate of drug-likeness (QED) is 0.464. The second-order valence-corrected chi connectivity index (χ2v) is 13.3. The van der Waals surface area contributed by atoms with Crippen molar-refractivity contribution >= 4 is 17.4 Å². The second kappa shape index (κ2) is 10.4. The fourth-order valence-corrected chi connectivity index (χ4v) is 8.93. The molecule has 1 aliphatic carbocycles. The third kappa shape index (κ3) is 4.42. The Morgan fingerprint density at radius 1 is 0.977 bits per heavy atom. The molecule has 6 heterocycles. The summed E-state index contributed by atoms with van der Waals surface area (Å²) in [5.74, 6) is -0.695. The lowest BCUT2D eigenvalue weighted by atomic mass is 9.89. The summed E-state index contributed by atoms with van der Waals surface area (Å²) in [7, 11) is 0. The highest BCUT2D eigenvalue weighted by molar-refractivity contribution is 5.91. The lowest BCUT2D eigenvalue weighted by Crippen LogP contribution is -2.63. The van der Waals surface area contributed by atoms with Gasteiger partial charge < -0.3 is 19.4 Å². The van der Waals surface area contributed by atoms with Gasteiger partial charge in [-0.2, -0.15) is 9.97 Å². The van der Waals surface area contributed by atoms with Gasteiger partial charge in [-0.15, -0.1) is 0 Å². The van der Waals surface area contributed by atoms with Gasteiger partial charge in [-0.25, -0.2) is 8.78 Å². The number of hydrogen-bond acceptors (Lipinski definition) is 7. The van der Waals surface area contributed by atoms with E-state index in [1.165, 1.54) is 12.8 Å². The first-order valence-corrected chi connectivity index (χ1v) is 16.2. The Morgan fingerprint density at radius 3 is 2.56 bits per heavy atom. The molecule has 6 aliphatic rings. The van der Waals surface area contributed by atoms with Gasteiger partial charge in [-0.1, -0.05) is 6.58 Å². The van der Waals surface area contributed by atoms with Crippen LogP contribution in [0.4, 0.5) is 20.3 Å². The minimum atomic E-state index is -0.899. The van der Waals surface area contributed by atoms with Gasteiger partial charge in [0.25, 0.3) is 5.91 Å². The first-order valence-electron chi connectivity index (χ1n) is 16.2. The summed E-state index contributed by atoms with van der Waals surface area (Å²) in [4.78, 5) is 31.3. The molecule has 1 aromatic carbocycles. The average Bonchev–Trinajstić information content (AvgIpc) is 3.68. The van der Waals surface area contributed by atoms with Gasteiger partial charge in [0.15, 0.2) is 5.83 Å². The summed E-state index contributed by atoms with van der Waals surface area (Å²) in [5.41, 5.74) is 5.32. The first kappa shape index (κ1) is 27.3. The molecule has 0 bridgehead atoms. The van der Waals surface area contributed by atoms with E-state index in [9.17, 15) is 13.6 Å². The number of likely N-dealkylation sites (tertiary alicyclic amines) is 1. The number of carbonyl (C=O) groups excluding carboxylic acids is 1. The van der Waals surface area contributed by atoms with Crippen LogP contribution < -0.4 is 14.5 Å². The number of hydrogen-bond donors (Lipinski definition) is 0. The van der Waals surface area contributed by atoms with Crippen molar-refractivity contribution < 1.29 is 18.3 Å². The molecule has 228 valence electrons. The fraction of sp³-hybridized carbons (Fsp3) is 0.606. The van der Waals surface area contributed by atoms with Crippen molar-refractivity contribution in [2.24, 2.45) is 0 Å². The van der Waals surface area contributed by atoms with Crippen LogP contribution in [0.3, 0.4) is 0 Å². The molecular formula is C33H40F2N6O2. The SMILES string of the molecule is C=C(F)C(=O)N1CC[C@@H]2[C@H]1CN2c1nc(OCC23CCCN2CCC3)nc2c1CCN(c1ccc(F)c3c1CCCC3)C2. The van der Waals surface area contributed by atoms with Crippen LogP contribution in [0.1, 0.15) is 67.3 Å². The number of carbonyl (C=O) groups is 1. The van der Waals surface area contributed by atoms with Crippen LogP contribution in [0.5, 0.6) is 6.01 Å². The van der Waals surface area contributed by atoms with Crippen molar-refractivity contribution in [2.45, 2.75) is 88.4 Å². The number of aromatic nitrogens is 2. The van der Waals surface area contributed by atoms with Gasteiger partial charge in [0.2, 0.25) is 0 Å². The van der Waals surface area contributed by atoms with E-state index in [-0.39, 0.29) is 23.4 Å². The molecule has 8 rings (SSSR count). The van der Waals surface area contributed by atoms with E-state index in [0.717, 1.165) is 105 Å². The summed E-state index contributed by atoms with van der Waals surface area (Å²) >= 11 is 0. The lowest BCUT2D eigenvalue weighted by molar-refractivity contribution is -0.130. The Morgan fingerprint density at radius 2 is 1.77 bits per heavy atom. The summed E-state index contributed by atoms with van der Waals surface area (Å²) in [6, 6.07) is 4.04. The maximum Gasteiger partial charge on any atom is 0.318 e. The number of amides is 1. The van der Waals surface area contributed by atoms with E-state index in [1.54, 1.807) is 11.0 Å². The van der Waals surface area contributed by atoms with E-state index in [1.807, 2.05) is 6.07 Å².